The van der Waals surface area contributed by atoms with E-state index in [1.807, 2.05) is 12.1 Å². The highest BCUT2D eigenvalue weighted by Crippen LogP contribution is 2.54. The number of methoxy groups -OCH3 is 1. The van der Waals surface area contributed by atoms with Crippen LogP contribution in [-0.4, -0.2) is 29.3 Å². The van der Waals surface area contributed by atoms with Crippen molar-refractivity contribution < 1.29 is 9.53 Å². The topological polar surface area (TPSA) is 67.0 Å². The van der Waals surface area contributed by atoms with Gasteiger partial charge in [0, 0.05) is 18.2 Å². The molecule has 0 spiro atoms. The number of aromatic amines is 1. The normalized spacial score (nSPS) is 28.5. The van der Waals surface area contributed by atoms with E-state index in [9.17, 15) is 4.79 Å². The molecular formula is C19H23N3O2. The van der Waals surface area contributed by atoms with E-state index in [4.69, 9.17) is 4.74 Å². The van der Waals surface area contributed by atoms with Gasteiger partial charge in [0.15, 0.2) is 0 Å². The van der Waals surface area contributed by atoms with Gasteiger partial charge < -0.3 is 10.1 Å². The SMILES string of the molecule is COc1ccc([C@H]2[C@@H]3CCCC[C@H]3[C@@H]2NC(=O)c2ccn[nH]2)cc1. The lowest BCUT2D eigenvalue weighted by atomic mass is 9.53. The van der Waals surface area contributed by atoms with Crippen LogP contribution in [0, 0.1) is 11.8 Å². The van der Waals surface area contributed by atoms with E-state index in [1.165, 1.54) is 31.2 Å². The first-order valence-electron chi connectivity index (χ1n) is 8.72. The predicted octanol–water partition coefficient (Wildman–Crippen LogP) is 3.12. The van der Waals surface area contributed by atoms with E-state index in [1.54, 1.807) is 19.4 Å². The molecule has 5 nitrogen and oxygen atoms in total. The number of H-pyrrole nitrogens is 1. The lowest BCUT2D eigenvalue weighted by Crippen LogP contribution is -2.59. The van der Waals surface area contributed by atoms with Crippen molar-refractivity contribution in [2.75, 3.05) is 7.11 Å². The summed E-state index contributed by atoms with van der Waals surface area (Å²) in [5.41, 5.74) is 1.83. The molecule has 2 N–H and O–H groups in total. The van der Waals surface area contributed by atoms with Crippen molar-refractivity contribution in [1.82, 2.24) is 15.5 Å². The second-order valence-electron chi connectivity index (χ2n) is 6.88. The Hall–Kier alpha value is -2.30. The highest BCUT2D eigenvalue weighted by Gasteiger charge is 2.51. The molecule has 1 heterocycles. The molecule has 2 fully saturated rings. The maximum Gasteiger partial charge on any atom is 0.269 e. The summed E-state index contributed by atoms with van der Waals surface area (Å²) in [5.74, 6) is 2.49. The first kappa shape index (κ1) is 15.2. The molecule has 0 bridgehead atoms. The molecule has 1 aromatic carbocycles. The van der Waals surface area contributed by atoms with Gasteiger partial charge in [0.25, 0.3) is 5.91 Å². The molecule has 0 unspecified atom stereocenters. The van der Waals surface area contributed by atoms with Crippen LogP contribution in [0.1, 0.15) is 47.7 Å². The number of rotatable bonds is 4. The number of carbonyl (C=O) groups is 1. The molecule has 2 aliphatic rings. The third-order valence-electron chi connectivity index (χ3n) is 5.73. The Morgan fingerprint density at radius 2 is 1.92 bits per heavy atom. The summed E-state index contributed by atoms with van der Waals surface area (Å²) in [6, 6.07) is 10.2. The second-order valence-corrected chi connectivity index (χ2v) is 6.88. The van der Waals surface area contributed by atoms with Gasteiger partial charge in [-0.1, -0.05) is 25.0 Å². The number of nitrogens with zero attached hydrogens (tertiary/aromatic N) is 1. The first-order valence-corrected chi connectivity index (χ1v) is 8.72. The zero-order valence-corrected chi connectivity index (χ0v) is 13.9. The number of hydrogen-bond acceptors (Lipinski definition) is 3. The number of benzene rings is 1. The van der Waals surface area contributed by atoms with Crippen LogP contribution < -0.4 is 10.1 Å². The maximum absolute atomic E-state index is 12.5. The lowest BCUT2D eigenvalue weighted by molar-refractivity contribution is 0.0250. The number of nitrogens with one attached hydrogen (secondary N) is 2. The van der Waals surface area contributed by atoms with Gasteiger partial charge in [0.2, 0.25) is 0 Å². The standard InChI is InChI=1S/C19H23N3O2/c1-24-13-8-6-12(7-9-13)17-14-4-2-3-5-15(14)18(17)21-19(23)16-10-11-20-22-16/h6-11,14-15,17-18H,2-5H2,1H3,(H,20,22)(H,21,23)/t14-,15-,17+,18+/m1/s1. The molecule has 1 amide bonds. The fourth-order valence-corrected chi connectivity index (χ4v) is 4.56. The van der Waals surface area contributed by atoms with E-state index in [0.717, 1.165) is 5.75 Å². The van der Waals surface area contributed by atoms with Crippen LogP contribution in [-0.2, 0) is 0 Å². The number of fused-ring (bicyclic) bond motifs is 1. The van der Waals surface area contributed by atoms with Gasteiger partial charge in [0.1, 0.15) is 11.4 Å². The molecule has 0 saturated heterocycles. The van der Waals surface area contributed by atoms with Crippen molar-refractivity contribution in [2.24, 2.45) is 11.8 Å². The van der Waals surface area contributed by atoms with Crippen LogP contribution in [0.3, 0.4) is 0 Å². The highest BCUT2D eigenvalue weighted by molar-refractivity contribution is 5.92. The van der Waals surface area contributed by atoms with Gasteiger partial charge in [-0.15, -0.1) is 0 Å². The average molecular weight is 325 g/mol. The van der Waals surface area contributed by atoms with Gasteiger partial charge in [-0.25, -0.2) is 0 Å². The van der Waals surface area contributed by atoms with Crippen LogP contribution in [0.25, 0.3) is 0 Å². The van der Waals surface area contributed by atoms with Crippen molar-refractivity contribution in [3.8, 4) is 5.75 Å². The summed E-state index contributed by atoms with van der Waals surface area (Å²) in [6.07, 6.45) is 6.66. The summed E-state index contributed by atoms with van der Waals surface area (Å²) in [7, 11) is 1.68. The predicted molar refractivity (Wildman–Crippen MR) is 91.0 cm³/mol. The van der Waals surface area contributed by atoms with Crippen molar-refractivity contribution in [3.05, 3.63) is 47.8 Å². The lowest BCUT2D eigenvalue weighted by Gasteiger charge is -2.55. The van der Waals surface area contributed by atoms with E-state index in [-0.39, 0.29) is 11.9 Å². The molecule has 2 aliphatic carbocycles. The van der Waals surface area contributed by atoms with Crippen molar-refractivity contribution >= 4 is 5.91 Å². The largest absolute Gasteiger partial charge is 0.497 e. The van der Waals surface area contributed by atoms with E-state index in [0.29, 0.717) is 23.4 Å². The van der Waals surface area contributed by atoms with Crippen LogP contribution in [0.4, 0.5) is 0 Å². The molecule has 126 valence electrons. The zero-order chi connectivity index (χ0) is 16.5. The summed E-state index contributed by atoms with van der Waals surface area (Å²) in [6.45, 7) is 0. The van der Waals surface area contributed by atoms with Crippen LogP contribution in [0.2, 0.25) is 0 Å². The Labute approximate surface area is 141 Å². The van der Waals surface area contributed by atoms with Crippen molar-refractivity contribution in [2.45, 2.75) is 37.6 Å². The second kappa shape index (κ2) is 6.30. The minimum atomic E-state index is -0.0555. The Balaban J connectivity index is 1.56. The van der Waals surface area contributed by atoms with Crippen molar-refractivity contribution in [3.63, 3.8) is 0 Å². The number of carbonyl (C=O) groups excluding carboxylic acids is 1. The molecule has 24 heavy (non-hydrogen) atoms. The van der Waals surface area contributed by atoms with Gasteiger partial charge in [0.05, 0.1) is 7.11 Å². The molecule has 0 aliphatic heterocycles. The Morgan fingerprint density at radius 3 is 2.58 bits per heavy atom. The molecule has 2 saturated carbocycles. The smallest absolute Gasteiger partial charge is 0.269 e. The molecule has 2 aromatic rings. The number of ether oxygens (including phenoxy) is 1. The third kappa shape index (κ3) is 2.58. The highest BCUT2D eigenvalue weighted by atomic mass is 16.5. The molecule has 1 aromatic heterocycles. The van der Waals surface area contributed by atoms with Gasteiger partial charge in [-0.2, -0.15) is 5.10 Å². The third-order valence-corrected chi connectivity index (χ3v) is 5.73. The number of amides is 1. The summed E-state index contributed by atoms with van der Waals surface area (Å²) in [4.78, 5) is 12.5. The van der Waals surface area contributed by atoms with Crippen LogP contribution in [0.5, 0.6) is 5.75 Å². The minimum absolute atomic E-state index is 0.0555. The van der Waals surface area contributed by atoms with E-state index in [2.05, 4.69) is 27.6 Å². The fourth-order valence-electron chi connectivity index (χ4n) is 4.56. The summed E-state index contributed by atoms with van der Waals surface area (Å²) >= 11 is 0. The fraction of sp³-hybridized carbons (Fsp3) is 0.474. The van der Waals surface area contributed by atoms with Crippen LogP contribution >= 0.6 is 0 Å². The van der Waals surface area contributed by atoms with Gasteiger partial charge in [-0.3, -0.25) is 9.89 Å². The quantitative estimate of drug-likeness (QED) is 0.907. The molecule has 4 rings (SSSR count). The Bertz CT molecular complexity index is 696. The van der Waals surface area contributed by atoms with Crippen LogP contribution in [0.15, 0.2) is 36.5 Å². The Morgan fingerprint density at radius 1 is 1.17 bits per heavy atom. The van der Waals surface area contributed by atoms with E-state index < -0.39 is 0 Å². The molecule has 5 heteroatoms. The number of aromatic nitrogens is 2. The Kier molecular flexibility index (Phi) is 4.00. The monoisotopic (exact) mass is 325 g/mol. The average Bonchev–Trinajstić information content (AvgIpc) is 3.15. The maximum atomic E-state index is 12.5. The molecule has 4 atom stereocenters. The minimum Gasteiger partial charge on any atom is -0.497 e. The van der Waals surface area contributed by atoms with Gasteiger partial charge >= 0.3 is 0 Å². The zero-order valence-electron chi connectivity index (χ0n) is 13.9. The number of hydrogen-bond donors (Lipinski definition) is 2. The molecule has 0 radical (unpaired) electrons. The van der Waals surface area contributed by atoms with Crippen molar-refractivity contribution in [1.29, 1.82) is 0 Å². The summed E-state index contributed by atoms with van der Waals surface area (Å²) in [5, 5.41) is 9.88. The van der Waals surface area contributed by atoms with Gasteiger partial charge in [-0.05, 0) is 48.4 Å². The molecular weight excluding hydrogens is 302 g/mol. The first-order chi connectivity index (χ1) is 11.8. The van der Waals surface area contributed by atoms with E-state index >= 15 is 0 Å². The summed E-state index contributed by atoms with van der Waals surface area (Å²) < 4.78 is 5.27.